The first-order chi connectivity index (χ1) is 17.7. The predicted molar refractivity (Wildman–Crippen MR) is 147 cm³/mol. The maximum atomic E-state index is 13.8. The van der Waals surface area contributed by atoms with Gasteiger partial charge in [0.1, 0.15) is 22.2 Å². The Balaban J connectivity index is 3.13. The van der Waals surface area contributed by atoms with Crippen LogP contribution >= 0.6 is 11.8 Å². The van der Waals surface area contributed by atoms with Crippen molar-refractivity contribution in [2.75, 3.05) is 11.2 Å². The van der Waals surface area contributed by atoms with Crippen LogP contribution in [0.3, 0.4) is 0 Å². The third kappa shape index (κ3) is 7.68. The number of carbonyl (C=O) groups is 3. The number of rotatable bonds is 4. The monoisotopic (exact) mass is 565 g/mol. The number of thioether (sulfide) groups is 1. The summed E-state index contributed by atoms with van der Waals surface area (Å²) in [6.07, 6.45) is -0.695. The first-order valence-electron chi connectivity index (χ1n) is 11.9. The molecule has 0 atom stereocenters. The molecule has 0 N–H and O–H groups in total. The average molecular weight is 566 g/mol. The van der Waals surface area contributed by atoms with E-state index in [1.807, 2.05) is 0 Å². The van der Waals surface area contributed by atoms with Gasteiger partial charge in [-0.3, -0.25) is 9.36 Å². The molecule has 2 aromatic rings. The summed E-state index contributed by atoms with van der Waals surface area (Å²) in [4.78, 5) is 75.9. The van der Waals surface area contributed by atoms with Crippen molar-refractivity contribution in [2.24, 2.45) is 0 Å². The van der Waals surface area contributed by atoms with Crippen molar-refractivity contribution in [3.05, 3.63) is 33.5 Å². The van der Waals surface area contributed by atoms with E-state index in [9.17, 15) is 24.0 Å². The molecule has 2 amide bonds. The van der Waals surface area contributed by atoms with Gasteiger partial charge in [-0.2, -0.15) is 9.47 Å². The number of nitrogens with zero attached hydrogens (tertiary/aromatic N) is 5. The fourth-order valence-corrected chi connectivity index (χ4v) is 3.45. The van der Waals surface area contributed by atoms with Crippen molar-refractivity contribution < 1.29 is 28.6 Å². The Morgan fingerprint density at radius 3 is 1.79 bits per heavy atom. The summed E-state index contributed by atoms with van der Waals surface area (Å²) in [7, 11) is 0. The highest BCUT2D eigenvalue weighted by Gasteiger charge is 2.37. The molecule has 0 bridgehead atoms. The molecule has 14 heteroatoms. The minimum absolute atomic E-state index is 0.0150. The third-order valence-corrected chi connectivity index (χ3v) is 4.93. The molecule has 0 aliphatic rings. The van der Waals surface area contributed by atoms with Gasteiger partial charge in [-0.1, -0.05) is 17.8 Å². The summed E-state index contributed by atoms with van der Waals surface area (Å²) in [5.41, 5.74) is -5.66. The van der Waals surface area contributed by atoms with Crippen LogP contribution < -0.4 is 16.1 Å². The zero-order valence-corrected chi connectivity index (χ0v) is 24.7. The van der Waals surface area contributed by atoms with E-state index in [1.54, 1.807) is 68.6 Å². The van der Waals surface area contributed by atoms with Crippen LogP contribution in [0.25, 0.3) is 11.0 Å². The van der Waals surface area contributed by atoms with Crippen LogP contribution in [0.5, 0.6) is 0 Å². The lowest BCUT2D eigenvalue weighted by Crippen LogP contribution is -2.48. The molecule has 0 unspecified atom stereocenters. The molecule has 0 aliphatic heterocycles. The summed E-state index contributed by atoms with van der Waals surface area (Å²) < 4.78 is 17.4. The molecule has 2 aromatic heterocycles. The van der Waals surface area contributed by atoms with E-state index in [4.69, 9.17) is 14.2 Å². The van der Waals surface area contributed by atoms with E-state index in [-0.39, 0.29) is 21.9 Å². The predicted octanol–water partition coefficient (Wildman–Crippen LogP) is 4.32. The second-order valence-corrected chi connectivity index (χ2v) is 12.1. The van der Waals surface area contributed by atoms with Gasteiger partial charge in [0.2, 0.25) is 0 Å². The maximum Gasteiger partial charge on any atom is 0.425 e. The zero-order valence-electron chi connectivity index (χ0n) is 23.9. The van der Waals surface area contributed by atoms with E-state index in [0.717, 1.165) is 16.3 Å². The van der Waals surface area contributed by atoms with Gasteiger partial charge in [0.05, 0.1) is 0 Å². The zero-order chi connectivity index (χ0) is 30.1. The van der Waals surface area contributed by atoms with Crippen molar-refractivity contribution >= 4 is 46.9 Å². The van der Waals surface area contributed by atoms with Crippen molar-refractivity contribution in [2.45, 2.75) is 90.8 Å². The van der Waals surface area contributed by atoms with E-state index in [1.165, 1.54) is 6.08 Å². The number of imide groups is 1. The number of amides is 2. The molecule has 39 heavy (non-hydrogen) atoms. The Morgan fingerprint density at radius 2 is 1.38 bits per heavy atom. The minimum atomic E-state index is -1.27. The summed E-state index contributed by atoms with van der Waals surface area (Å²) >= 11 is 1.03. The van der Waals surface area contributed by atoms with Gasteiger partial charge in [-0.15, -0.1) is 6.58 Å². The molecule has 0 saturated heterocycles. The van der Waals surface area contributed by atoms with Gasteiger partial charge in [-0.25, -0.2) is 29.1 Å². The molecule has 0 saturated carbocycles. The summed E-state index contributed by atoms with van der Waals surface area (Å²) in [6, 6.07) is 0. The van der Waals surface area contributed by atoms with Crippen LogP contribution in [0.4, 0.5) is 20.2 Å². The highest BCUT2D eigenvalue weighted by atomic mass is 32.2. The Hall–Kier alpha value is -3.68. The Labute approximate surface area is 230 Å². The summed E-state index contributed by atoms with van der Waals surface area (Å²) in [6.45, 7) is 17.6. The smallest absolute Gasteiger partial charge is 0.425 e. The van der Waals surface area contributed by atoms with Crippen LogP contribution in [0.2, 0.25) is 0 Å². The van der Waals surface area contributed by atoms with Crippen molar-refractivity contribution in [1.29, 1.82) is 0 Å². The van der Waals surface area contributed by atoms with Gasteiger partial charge >= 0.3 is 24.0 Å². The quantitative estimate of drug-likeness (QED) is 0.225. The number of allylic oxidation sites excluding steroid dienone is 1. The van der Waals surface area contributed by atoms with Gasteiger partial charge in [0.25, 0.3) is 5.56 Å². The number of fused-ring (bicyclic) bond motifs is 1. The minimum Gasteiger partial charge on any atom is -0.443 e. The Morgan fingerprint density at radius 1 is 0.897 bits per heavy atom. The number of hydrogen-bond donors (Lipinski definition) is 0. The van der Waals surface area contributed by atoms with E-state index in [0.29, 0.717) is 4.90 Å². The second kappa shape index (κ2) is 11.2. The first-order valence-corrected chi connectivity index (χ1v) is 13.1. The van der Waals surface area contributed by atoms with Crippen molar-refractivity contribution in [1.82, 2.24) is 19.1 Å². The van der Waals surface area contributed by atoms with Gasteiger partial charge in [-0.05, 0) is 68.6 Å². The number of ether oxygens (including phenoxy) is 3. The van der Waals surface area contributed by atoms with Gasteiger partial charge < -0.3 is 14.2 Å². The molecule has 2 heterocycles. The molecule has 0 spiro atoms. The fraction of sp³-hybridized carbons (Fsp3) is 0.560. The molecule has 0 aromatic carbocycles. The fourth-order valence-electron chi connectivity index (χ4n) is 3.09. The average Bonchev–Trinajstić information content (AvgIpc) is 2.72. The lowest BCUT2D eigenvalue weighted by atomic mass is 10.2. The van der Waals surface area contributed by atoms with Gasteiger partial charge in [0, 0.05) is 6.54 Å². The SMILES string of the molecule is C=CCn1c(=O)n(C(=O)OC(C)(C)C)c(=O)c2c(N(C(=O)OC(C)(C)C)C(=O)OC(C)(C)C)nc(SC)nc21. The third-order valence-electron chi connectivity index (χ3n) is 4.38. The summed E-state index contributed by atoms with van der Waals surface area (Å²) in [5.74, 6) is -0.534. The number of aromatic nitrogens is 4. The van der Waals surface area contributed by atoms with Crippen molar-refractivity contribution in [3.63, 3.8) is 0 Å². The molecular weight excluding hydrogens is 530 g/mol. The highest BCUT2D eigenvalue weighted by molar-refractivity contribution is 7.98. The molecule has 2 rings (SSSR count). The molecule has 214 valence electrons. The topological polar surface area (TPSA) is 152 Å². The first kappa shape index (κ1) is 31.5. The van der Waals surface area contributed by atoms with Crippen LogP contribution in [0, 0.1) is 0 Å². The van der Waals surface area contributed by atoms with Crippen LogP contribution in [0.15, 0.2) is 27.4 Å². The van der Waals surface area contributed by atoms with E-state index in [2.05, 4.69) is 16.5 Å². The normalized spacial score (nSPS) is 12.2. The van der Waals surface area contributed by atoms with Crippen LogP contribution in [-0.2, 0) is 20.8 Å². The van der Waals surface area contributed by atoms with E-state index < -0.39 is 57.5 Å². The van der Waals surface area contributed by atoms with Crippen LogP contribution in [-0.4, -0.2) is 60.4 Å². The largest absolute Gasteiger partial charge is 0.443 e. The van der Waals surface area contributed by atoms with Gasteiger partial charge in [0.15, 0.2) is 16.6 Å². The second-order valence-electron chi connectivity index (χ2n) is 11.3. The number of hydrogen-bond acceptors (Lipinski definition) is 11. The lowest BCUT2D eigenvalue weighted by molar-refractivity contribution is 0.0427. The highest BCUT2D eigenvalue weighted by Crippen LogP contribution is 2.27. The molecule has 13 nitrogen and oxygen atoms in total. The molecular formula is C25H35N5O8S. The number of carbonyl (C=O) groups excluding carboxylic acids is 3. The maximum absolute atomic E-state index is 13.8. The molecule has 0 fully saturated rings. The summed E-state index contributed by atoms with van der Waals surface area (Å²) in [5, 5.41) is -0.474. The van der Waals surface area contributed by atoms with Crippen LogP contribution in [0.1, 0.15) is 62.3 Å². The molecule has 0 aliphatic carbocycles. The van der Waals surface area contributed by atoms with Crippen molar-refractivity contribution in [3.8, 4) is 0 Å². The standard InChI is InChI=1S/C25H35N5O8S/c1-12-13-28-15-14(17(31)30(19(28)32)22(35)38-25(8,9)10)16(27-18(26-15)39-11)29(20(33)36-23(2,3)4)21(34)37-24(5,6)7/h12H,1,13H2,2-11H3. The molecule has 0 radical (unpaired) electrons. The Bertz CT molecular complexity index is 1400. The number of anilines is 1. The lowest BCUT2D eigenvalue weighted by Gasteiger charge is -2.28. The van der Waals surface area contributed by atoms with E-state index >= 15 is 0 Å². The Kier molecular flexibility index (Phi) is 9.06.